The molecule has 2 N–H and O–H groups in total. The van der Waals surface area contributed by atoms with E-state index in [1.54, 1.807) is 36.7 Å². The van der Waals surface area contributed by atoms with E-state index < -0.39 is 0 Å². The summed E-state index contributed by atoms with van der Waals surface area (Å²) in [6, 6.07) is 14.2. The van der Waals surface area contributed by atoms with Crippen molar-refractivity contribution < 1.29 is 9.90 Å². The second-order valence-electron chi connectivity index (χ2n) is 5.49. The number of aryl methyl sites for hydroxylation is 1. The van der Waals surface area contributed by atoms with Crippen molar-refractivity contribution in [3.63, 3.8) is 0 Å². The largest absolute Gasteiger partial charge is 0.508 e. The molecule has 25 heavy (non-hydrogen) atoms. The highest BCUT2D eigenvalue weighted by Gasteiger charge is 2.07. The molecule has 3 rings (SSSR count). The fraction of sp³-hybridized carbons (Fsp3) is 0.105. The van der Waals surface area contributed by atoms with Gasteiger partial charge in [0.1, 0.15) is 5.75 Å². The number of nitrogens with zero attached hydrogens (tertiary/aromatic N) is 2. The molecule has 0 aliphatic rings. The van der Waals surface area contributed by atoms with Crippen LogP contribution in [-0.2, 0) is 11.2 Å². The molecule has 0 atom stereocenters. The highest BCUT2D eigenvalue weighted by atomic mass is 35.5. The highest BCUT2D eigenvalue weighted by molar-refractivity contribution is 6.31. The van der Waals surface area contributed by atoms with Crippen LogP contribution in [-0.4, -0.2) is 21.0 Å². The van der Waals surface area contributed by atoms with E-state index in [0.29, 0.717) is 34.9 Å². The van der Waals surface area contributed by atoms with Crippen LogP contribution in [0.3, 0.4) is 0 Å². The summed E-state index contributed by atoms with van der Waals surface area (Å²) in [6.45, 7) is 0. The van der Waals surface area contributed by atoms with Crippen molar-refractivity contribution in [2.24, 2.45) is 0 Å². The van der Waals surface area contributed by atoms with Crippen LogP contribution in [0, 0.1) is 0 Å². The SMILES string of the molecule is O=C(CCc1ccccc1Cl)Nc1cnc(-c2cccc(O)c2)nc1. The number of aromatic nitrogens is 2. The summed E-state index contributed by atoms with van der Waals surface area (Å²) in [5.74, 6) is 0.497. The zero-order valence-electron chi connectivity index (χ0n) is 13.3. The van der Waals surface area contributed by atoms with E-state index in [2.05, 4.69) is 15.3 Å². The fourth-order valence-corrected chi connectivity index (χ4v) is 2.59. The van der Waals surface area contributed by atoms with Gasteiger partial charge < -0.3 is 10.4 Å². The first-order chi connectivity index (χ1) is 12.1. The van der Waals surface area contributed by atoms with Crippen LogP contribution in [0.5, 0.6) is 5.75 Å². The van der Waals surface area contributed by atoms with E-state index in [0.717, 1.165) is 5.56 Å². The van der Waals surface area contributed by atoms with Gasteiger partial charge in [-0.3, -0.25) is 4.79 Å². The maximum absolute atomic E-state index is 12.1. The molecule has 3 aromatic rings. The first kappa shape index (κ1) is 16.9. The van der Waals surface area contributed by atoms with Gasteiger partial charge in [-0.1, -0.05) is 41.9 Å². The molecule has 0 saturated heterocycles. The number of aromatic hydroxyl groups is 1. The summed E-state index contributed by atoms with van der Waals surface area (Å²) < 4.78 is 0. The Balaban J connectivity index is 1.59. The number of amides is 1. The van der Waals surface area contributed by atoms with E-state index in [-0.39, 0.29) is 11.7 Å². The van der Waals surface area contributed by atoms with Gasteiger partial charge >= 0.3 is 0 Å². The predicted octanol–water partition coefficient (Wildman–Crippen LogP) is 4.07. The topological polar surface area (TPSA) is 75.1 Å². The zero-order valence-corrected chi connectivity index (χ0v) is 14.1. The van der Waals surface area contributed by atoms with Crippen LogP contribution in [0.4, 0.5) is 5.69 Å². The number of hydrogen-bond acceptors (Lipinski definition) is 4. The van der Waals surface area contributed by atoms with Crippen molar-refractivity contribution in [2.45, 2.75) is 12.8 Å². The molecule has 6 heteroatoms. The van der Waals surface area contributed by atoms with Gasteiger partial charge in [0.05, 0.1) is 18.1 Å². The third-order valence-electron chi connectivity index (χ3n) is 3.62. The summed E-state index contributed by atoms with van der Waals surface area (Å²) in [6.07, 6.45) is 3.96. The smallest absolute Gasteiger partial charge is 0.224 e. The van der Waals surface area contributed by atoms with Crippen LogP contribution in [0.1, 0.15) is 12.0 Å². The molecule has 0 unspecified atom stereocenters. The number of phenols is 1. The molecule has 0 saturated carbocycles. The van der Waals surface area contributed by atoms with Crippen LogP contribution in [0.15, 0.2) is 60.9 Å². The van der Waals surface area contributed by atoms with Gasteiger partial charge in [0, 0.05) is 17.0 Å². The average molecular weight is 354 g/mol. The van der Waals surface area contributed by atoms with E-state index in [1.165, 1.54) is 0 Å². The van der Waals surface area contributed by atoms with E-state index in [1.807, 2.05) is 24.3 Å². The number of nitrogens with one attached hydrogen (secondary N) is 1. The molecule has 1 aromatic heterocycles. The first-order valence-corrected chi connectivity index (χ1v) is 8.14. The summed E-state index contributed by atoms with van der Waals surface area (Å²) in [7, 11) is 0. The molecule has 5 nitrogen and oxygen atoms in total. The molecule has 0 aliphatic heterocycles. The zero-order chi connectivity index (χ0) is 17.6. The Hall–Kier alpha value is -2.92. The number of hydrogen-bond donors (Lipinski definition) is 2. The van der Waals surface area contributed by atoms with Gasteiger partial charge in [-0.25, -0.2) is 9.97 Å². The second-order valence-corrected chi connectivity index (χ2v) is 5.89. The lowest BCUT2D eigenvalue weighted by atomic mass is 10.1. The van der Waals surface area contributed by atoms with E-state index in [9.17, 15) is 9.90 Å². The summed E-state index contributed by atoms with van der Waals surface area (Å²) >= 11 is 6.09. The number of halogens is 1. The summed E-state index contributed by atoms with van der Waals surface area (Å²) in [5, 5.41) is 12.9. The Morgan fingerprint density at radius 3 is 2.56 bits per heavy atom. The van der Waals surface area contributed by atoms with Crippen molar-refractivity contribution in [1.29, 1.82) is 0 Å². The molecular weight excluding hydrogens is 338 g/mol. The molecular formula is C19H16ClN3O2. The van der Waals surface area contributed by atoms with Crippen LogP contribution < -0.4 is 5.32 Å². The number of benzene rings is 2. The number of carbonyl (C=O) groups is 1. The number of rotatable bonds is 5. The molecule has 0 bridgehead atoms. The second kappa shape index (κ2) is 7.77. The van der Waals surface area contributed by atoms with Gasteiger partial charge in [0.2, 0.25) is 5.91 Å². The normalized spacial score (nSPS) is 10.4. The van der Waals surface area contributed by atoms with Crippen LogP contribution in [0.2, 0.25) is 5.02 Å². The minimum atomic E-state index is -0.131. The lowest BCUT2D eigenvalue weighted by Gasteiger charge is -2.07. The Kier molecular flexibility index (Phi) is 5.26. The van der Waals surface area contributed by atoms with Gasteiger partial charge in [0.15, 0.2) is 5.82 Å². The average Bonchev–Trinajstić information content (AvgIpc) is 2.62. The van der Waals surface area contributed by atoms with Crippen LogP contribution in [0.25, 0.3) is 11.4 Å². The molecule has 0 aliphatic carbocycles. The minimum Gasteiger partial charge on any atom is -0.508 e. The van der Waals surface area contributed by atoms with Gasteiger partial charge in [0.25, 0.3) is 0 Å². The van der Waals surface area contributed by atoms with Gasteiger partial charge in [-0.05, 0) is 30.2 Å². The molecule has 0 radical (unpaired) electrons. The standard InChI is InChI=1S/C19H16ClN3O2/c20-17-7-2-1-4-13(17)8-9-18(25)23-15-11-21-19(22-12-15)14-5-3-6-16(24)10-14/h1-7,10-12,24H,8-9H2,(H,23,25). The van der Waals surface area contributed by atoms with Gasteiger partial charge in [-0.2, -0.15) is 0 Å². The number of anilines is 1. The fourth-order valence-electron chi connectivity index (χ4n) is 2.36. The molecule has 0 fully saturated rings. The molecule has 2 aromatic carbocycles. The van der Waals surface area contributed by atoms with Crippen molar-refractivity contribution in [2.75, 3.05) is 5.32 Å². The Morgan fingerprint density at radius 1 is 1.08 bits per heavy atom. The molecule has 1 heterocycles. The van der Waals surface area contributed by atoms with Gasteiger partial charge in [-0.15, -0.1) is 0 Å². The molecule has 126 valence electrons. The predicted molar refractivity (Wildman–Crippen MR) is 97.5 cm³/mol. The monoisotopic (exact) mass is 353 g/mol. The van der Waals surface area contributed by atoms with Crippen molar-refractivity contribution in [3.8, 4) is 17.1 Å². The minimum absolute atomic E-state index is 0.131. The Morgan fingerprint density at radius 2 is 1.84 bits per heavy atom. The first-order valence-electron chi connectivity index (χ1n) is 7.76. The lowest BCUT2D eigenvalue weighted by molar-refractivity contribution is -0.116. The Labute approximate surface area is 150 Å². The Bertz CT molecular complexity index is 882. The maximum Gasteiger partial charge on any atom is 0.224 e. The summed E-state index contributed by atoms with van der Waals surface area (Å²) in [5.41, 5.74) is 2.17. The van der Waals surface area contributed by atoms with Crippen molar-refractivity contribution in [1.82, 2.24) is 9.97 Å². The van der Waals surface area contributed by atoms with Crippen molar-refractivity contribution in [3.05, 3.63) is 71.5 Å². The molecule has 1 amide bonds. The van der Waals surface area contributed by atoms with Crippen molar-refractivity contribution >= 4 is 23.2 Å². The maximum atomic E-state index is 12.1. The van der Waals surface area contributed by atoms with E-state index in [4.69, 9.17) is 11.6 Å². The van der Waals surface area contributed by atoms with E-state index >= 15 is 0 Å². The number of carbonyl (C=O) groups excluding carboxylic acids is 1. The summed E-state index contributed by atoms with van der Waals surface area (Å²) in [4.78, 5) is 20.5. The quantitative estimate of drug-likeness (QED) is 0.725. The molecule has 0 spiro atoms. The third kappa shape index (κ3) is 4.55. The highest BCUT2D eigenvalue weighted by Crippen LogP contribution is 2.20. The lowest BCUT2D eigenvalue weighted by Crippen LogP contribution is -2.13. The third-order valence-corrected chi connectivity index (χ3v) is 3.99. The number of phenolic OH excluding ortho intramolecular Hbond substituents is 1. The van der Waals surface area contributed by atoms with Crippen LogP contribution >= 0.6 is 11.6 Å².